The second kappa shape index (κ2) is 6.36. The summed E-state index contributed by atoms with van der Waals surface area (Å²) in [6.07, 6.45) is 5.44. The van der Waals surface area contributed by atoms with Gasteiger partial charge in [-0.15, -0.1) is 0 Å². The third-order valence-corrected chi connectivity index (χ3v) is 6.80. The first kappa shape index (κ1) is 17.8. The van der Waals surface area contributed by atoms with Crippen LogP contribution in [-0.2, 0) is 18.5 Å². The van der Waals surface area contributed by atoms with Crippen LogP contribution in [0.25, 0.3) is 0 Å². The number of aliphatic hydroxyl groups is 1. The smallest absolute Gasteiger partial charge is 0.128 e. The molecule has 0 amide bonds. The van der Waals surface area contributed by atoms with Gasteiger partial charge >= 0.3 is 0 Å². The number of nitrogens with zero attached hydrogens (tertiary/aromatic N) is 1. The zero-order chi connectivity index (χ0) is 19.4. The minimum absolute atomic E-state index is 0.00312. The lowest BCUT2D eigenvalue weighted by Crippen LogP contribution is -2.46. The number of quaternary nitrogens is 1. The molecular weight excluding hydrogens is 350 g/mol. The Morgan fingerprint density at radius 1 is 1.25 bits per heavy atom. The Morgan fingerprint density at radius 2 is 2.07 bits per heavy atom. The Kier molecular flexibility index (Phi) is 4.04. The van der Waals surface area contributed by atoms with Crippen LogP contribution in [0.3, 0.4) is 0 Å². The van der Waals surface area contributed by atoms with E-state index in [-0.39, 0.29) is 11.5 Å². The van der Waals surface area contributed by atoms with Crippen LogP contribution < -0.4 is 9.47 Å². The van der Waals surface area contributed by atoms with Crippen molar-refractivity contribution >= 4 is 0 Å². The van der Waals surface area contributed by atoms with Crippen molar-refractivity contribution < 1.29 is 19.1 Å². The zero-order valence-corrected chi connectivity index (χ0v) is 16.6. The van der Waals surface area contributed by atoms with E-state index in [1.807, 2.05) is 12.1 Å². The van der Waals surface area contributed by atoms with Gasteiger partial charge in [-0.2, -0.15) is 0 Å². The van der Waals surface area contributed by atoms with Gasteiger partial charge in [0.2, 0.25) is 0 Å². The highest BCUT2D eigenvalue weighted by Gasteiger charge is 2.54. The lowest BCUT2D eigenvalue weighted by Gasteiger charge is -2.37. The molecule has 4 atom stereocenters. The molecule has 0 aromatic heterocycles. The maximum absolute atomic E-state index is 10.2. The first-order valence-electron chi connectivity index (χ1n) is 10.1. The van der Waals surface area contributed by atoms with E-state index in [0.29, 0.717) is 6.42 Å². The fraction of sp³-hybridized carbons (Fsp3) is 0.417. The van der Waals surface area contributed by atoms with Crippen molar-refractivity contribution in [3.8, 4) is 11.5 Å². The number of benzene rings is 2. The van der Waals surface area contributed by atoms with Crippen LogP contribution in [0.15, 0.2) is 54.6 Å². The third kappa shape index (κ3) is 2.75. The fourth-order valence-corrected chi connectivity index (χ4v) is 5.43. The van der Waals surface area contributed by atoms with E-state index >= 15 is 0 Å². The van der Waals surface area contributed by atoms with E-state index in [9.17, 15) is 5.11 Å². The van der Waals surface area contributed by atoms with Gasteiger partial charge in [-0.3, -0.25) is 0 Å². The van der Waals surface area contributed by atoms with Crippen molar-refractivity contribution in [3.05, 3.63) is 71.3 Å². The van der Waals surface area contributed by atoms with Gasteiger partial charge in [0.15, 0.2) is 0 Å². The molecule has 0 saturated heterocycles. The molecule has 1 aliphatic carbocycles. The molecule has 0 bridgehead atoms. The minimum atomic E-state index is -0.427. The van der Waals surface area contributed by atoms with Gasteiger partial charge in [0.05, 0.1) is 32.2 Å². The first-order chi connectivity index (χ1) is 13.5. The van der Waals surface area contributed by atoms with Gasteiger partial charge in [-0.05, 0) is 6.07 Å². The molecule has 0 saturated carbocycles. The maximum Gasteiger partial charge on any atom is 0.128 e. The predicted molar refractivity (Wildman–Crippen MR) is 108 cm³/mol. The summed E-state index contributed by atoms with van der Waals surface area (Å²) in [5.41, 5.74) is 3.86. The van der Waals surface area contributed by atoms with E-state index in [4.69, 9.17) is 9.47 Å². The summed E-state index contributed by atoms with van der Waals surface area (Å²) in [6, 6.07) is 15.0. The van der Waals surface area contributed by atoms with Gasteiger partial charge in [-0.1, -0.05) is 42.5 Å². The molecule has 28 heavy (non-hydrogen) atoms. The second-order valence-corrected chi connectivity index (χ2v) is 8.86. The van der Waals surface area contributed by atoms with E-state index in [1.165, 1.54) is 16.7 Å². The Labute approximate surface area is 166 Å². The normalized spacial score (nSPS) is 32.8. The molecule has 4 heteroatoms. The lowest BCUT2D eigenvalue weighted by molar-refractivity contribution is -0.935. The van der Waals surface area contributed by atoms with Crippen LogP contribution in [0, 0.1) is 0 Å². The first-order valence-corrected chi connectivity index (χ1v) is 10.1. The lowest BCUT2D eigenvalue weighted by atomic mass is 9.69. The summed E-state index contributed by atoms with van der Waals surface area (Å²) in [4.78, 5) is 0. The summed E-state index contributed by atoms with van der Waals surface area (Å²) in [6.45, 7) is 3.01. The van der Waals surface area contributed by atoms with Crippen molar-refractivity contribution in [3.63, 3.8) is 0 Å². The second-order valence-electron chi connectivity index (χ2n) is 8.86. The molecule has 2 unspecified atom stereocenters. The van der Waals surface area contributed by atoms with Gasteiger partial charge in [0.25, 0.3) is 0 Å². The molecule has 0 radical (unpaired) electrons. The number of methoxy groups -OCH3 is 1. The molecule has 1 N–H and O–H groups in total. The maximum atomic E-state index is 10.2. The Balaban J connectivity index is 1.61. The van der Waals surface area contributed by atoms with E-state index in [0.717, 1.165) is 42.0 Å². The molecule has 5 rings (SSSR count). The summed E-state index contributed by atoms with van der Waals surface area (Å²) in [7, 11) is 4.07. The molecule has 2 heterocycles. The Hall–Kier alpha value is -2.30. The van der Waals surface area contributed by atoms with Gasteiger partial charge in [-0.25, -0.2) is 0 Å². The molecule has 1 spiro atoms. The van der Waals surface area contributed by atoms with E-state index < -0.39 is 6.10 Å². The van der Waals surface area contributed by atoms with Crippen LogP contribution in [-0.4, -0.2) is 42.5 Å². The molecule has 146 valence electrons. The highest BCUT2D eigenvalue weighted by molar-refractivity contribution is 5.57. The highest BCUT2D eigenvalue weighted by Crippen LogP contribution is 2.54. The van der Waals surface area contributed by atoms with Gasteiger partial charge in [0, 0.05) is 35.6 Å². The summed E-state index contributed by atoms with van der Waals surface area (Å²) >= 11 is 0. The Bertz CT molecular complexity index is 925. The molecule has 2 aliphatic heterocycles. The van der Waals surface area contributed by atoms with E-state index in [1.54, 1.807) is 7.11 Å². The standard InChI is InChI=1S/C24H28NO3/c1-25(15-17-6-4-3-5-7-17)11-10-24-9-8-19(26)13-22(24)28-21-14-20(27-2)12-18(16-25)23(21)24/h3-9,12,14,19,22,26H,10-11,13,15-16H2,1-2H3/q+1/t19-,22?,24-,25?/m0/s1. The molecule has 2 aromatic carbocycles. The quantitative estimate of drug-likeness (QED) is 0.656. The van der Waals surface area contributed by atoms with Crippen molar-refractivity contribution in [1.82, 2.24) is 0 Å². The van der Waals surface area contributed by atoms with Crippen LogP contribution in [0.1, 0.15) is 29.5 Å². The Morgan fingerprint density at radius 3 is 2.86 bits per heavy atom. The summed E-state index contributed by atoms with van der Waals surface area (Å²) < 4.78 is 12.9. The number of hydrogen-bond acceptors (Lipinski definition) is 3. The monoisotopic (exact) mass is 378 g/mol. The summed E-state index contributed by atoms with van der Waals surface area (Å²) in [5, 5.41) is 10.2. The average molecular weight is 378 g/mol. The van der Waals surface area contributed by atoms with Crippen molar-refractivity contribution in [2.24, 2.45) is 0 Å². The average Bonchev–Trinajstić information content (AvgIpc) is 2.94. The zero-order valence-electron chi connectivity index (χ0n) is 16.6. The topological polar surface area (TPSA) is 38.7 Å². The predicted octanol–water partition coefficient (Wildman–Crippen LogP) is 3.57. The van der Waals surface area contributed by atoms with Crippen LogP contribution in [0.5, 0.6) is 11.5 Å². The van der Waals surface area contributed by atoms with Crippen LogP contribution >= 0.6 is 0 Å². The summed E-state index contributed by atoms with van der Waals surface area (Å²) in [5.74, 6) is 1.78. The molecule has 0 fully saturated rings. The number of aliphatic hydroxyl groups excluding tert-OH is 1. The van der Waals surface area contributed by atoms with Gasteiger partial charge in [0.1, 0.15) is 30.7 Å². The molecule has 2 aromatic rings. The SMILES string of the molecule is COc1cc2c3c(c1)OC1C[C@@H](O)C=C[C@@]31CC[N+](C)(Cc1ccccc1)C2. The fourth-order valence-electron chi connectivity index (χ4n) is 5.43. The molecule has 3 aliphatic rings. The van der Waals surface area contributed by atoms with Crippen LogP contribution in [0.2, 0.25) is 0 Å². The third-order valence-electron chi connectivity index (χ3n) is 6.80. The van der Waals surface area contributed by atoms with Crippen molar-refractivity contribution in [2.75, 3.05) is 20.7 Å². The molecule has 4 nitrogen and oxygen atoms in total. The number of rotatable bonds is 3. The van der Waals surface area contributed by atoms with Crippen LogP contribution in [0.4, 0.5) is 0 Å². The van der Waals surface area contributed by atoms with Crippen molar-refractivity contribution in [2.45, 2.75) is 43.6 Å². The molecular formula is C24H28NO3+. The van der Waals surface area contributed by atoms with Gasteiger partial charge < -0.3 is 19.1 Å². The highest BCUT2D eigenvalue weighted by atomic mass is 16.5. The van der Waals surface area contributed by atoms with Crippen molar-refractivity contribution in [1.29, 1.82) is 0 Å². The number of ether oxygens (including phenoxy) is 2. The van der Waals surface area contributed by atoms with E-state index in [2.05, 4.69) is 49.5 Å². The number of hydrogen-bond donors (Lipinski definition) is 1. The minimum Gasteiger partial charge on any atom is -0.497 e. The largest absolute Gasteiger partial charge is 0.497 e.